The van der Waals surface area contributed by atoms with Gasteiger partial charge in [-0.25, -0.2) is 14.8 Å². The number of rotatable bonds is 1. The Balaban J connectivity index is 2.20. The number of hydrogen-bond acceptors (Lipinski definition) is 6. The van der Waals surface area contributed by atoms with E-state index in [1.54, 1.807) is 13.2 Å². The summed E-state index contributed by atoms with van der Waals surface area (Å²) in [6.45, 7) is 2.71. The molecular weight excluding hydrogens is 262 g/mol. The molecule has 1 saturated heterocycles. The molecule has 0 bridgehead atoms. The maximum Gasteiger partial charge on any atom is 0.332 e. The van der Waals surface area contributed by atoms with Crippen molar-refractivity contribution in [3.63, 3.8) is 0 Å². The minimum absolute atomic E-state index is 0.201. The standard InChI is InChI=1S/C12H15N5O3/c1-15-10-9(11(18)16(2)12(15)19)13-7-8(14-10)17-3-5-20-6-4-17/h7H,3-6H2,1-2H3. The summed E-state index contributed by atoms with van der Waals surface area (Å²) in [6.07, 6.45) is 1.57. The third kappa shape index (κ3) is 1.88. The van der Waals surface area contributed by atoms with E-state index in [1.807, 2.05) is 4.90 Å². The summed E-state index contributed by atoms with van der Waals surface area (Å²) in [7, 11) is 3.02. The first kappa shape index (κ1) is 12.8. The largest absolute Gasteiger partial charge is 0.378 e. The average molecular weight is 277 g/mol. The lowest BCUT2D eigenvalue weighted by atomic mass is 10.4. The Labute approximate surface area is 114 Å². The maximum atomic E-state index is 12.0. The Hall–Kier alpha value is -2.22. The van der Waals surface area contributed by atoms with Crippen LogP contribution in [-0.4, -0.2) is 45.4 Å². The fourth-order valence-electron chi connectivity index (χ4n) is 2.26. The summed E-state index contributed by atoms with van der Waals surface area (Å²) in [5.41, 5.74) is -0.325. The van der Waals surface area contributed by atoms with E-state index < -0.39 is 11.2 Å². The molecule has 0 spiro atoms. The van der Waals surface area contributed by atoms with Gasteiger partial charge in [0, 0.05) is 27.2 Å². The molecule has 106 valence electrons. The first-order valence-electron chi connectivity index (χ1n) is 6.35. The van der Waals surface area contributed by atoms with Gasteiger partial charge < -0.3 is 9.64 Å². The monoisotopic (exact) mass is 277 g/mol. The number of nitrogens with zero attached hydrogens (tertiary/aromatic N) is 5. The van der Waals surface area contributed by atoms with Gasteiger partial charge in [-0.05, 0) is 0 Å². The average Bonchev–Trinajstić information content (AvgIpc) is 2.51. The van der Waals surface area contributed by atoms with Crippen LogP contribution in [0.25, 0.3) is 11.2 Å². The fourth-order valence-corrected chi connectivity index (χ4v) is 2.26. The van der Waals surface area contributed by atoms with Crippen molar-refractivity contribution in [3.8, 4) is 0 Å². The molecule has 2 aromatic heterocycles. The third-order valence-corrected chi connectivity index (χ3v) is 3.48. The normalized spacial score (nSPS) is 15.8. The van der Waals surface area contributed by atoms with Gasteiger partial charge in [0.05, 0.1) is 19.4 Å². The highest BCUT2D eigenvalue weighted by Crippen LogP contribution is 2.13. The van der Waals surface area contributed by atoms with E-state index in [2.05, 4.69) is 9.97 Å². The van der Waals surface area contributed by atoms with Gasteiger partial charge in [-0.1, -0.05) is 0 Å². The van der Waals surface area contributed by atoms with Crippen LogP contribution in [0.1, 0.15) is 0 Å². The molecule has 3 rings (SSSR count). The van der Waals surface area contributed by atoms with Gasteiger partial charge in [-0.15, -0.1) is 0 Å². The number of hydrogen-bond donors (Lipinski definition) is 0. The van der Waals surface area contributed by atoms with Gasteiger partial charge in [-0.2, -0.15) is 0 Å². The third-order valence-electron chi connectivity index (χ3n) is 3.48. The van der Waals surface area contributed by atoms with Crippen LogP contribution in [0.4, 0.5) is 5.82 Å². The smallest absolute Gasteiger partial charge is 0.332 e. The molecule has 0 unspecified atom stereocenters. The predicted molar refractivity (Wildman–Crippen MR) is 73.1 cm³/mol. The van der Waals surface area contributed by atoms with Crippen molar-refractivity contribution in [2.75, 3.05) is 31.2 Å². The Morgan fingerprint density at radius 1 is 1.15 bits per heavy atom. The lowest BCUT2D eigenvalue weighted by Gasteiger charge is -2.27. The summed E-state index contributed by atoms with van der Waals surface area (Å²) in [5.74, 6) is 0.657. The minimum Gasteiger partial charge on any atom is -0.378 e. The van der Waals surface area contributed by atoms with Crippen molar-refractivity contribution in [3.05, 3.63) is 27.0 Å². The molecule has 0 N–H and O–H groups in total. The SMILES string of the molecule is Cn1c(=O)c2ncc(N3CCOCC3)nc2n(C)c1=O. The second-order valence-electron chi connectivity index (χ2n) is 4.71. The lowest BCUT2D eigenvalue weighted by Crippen LogP contribution is -2.39. The van der Waals surface area contributed by atoms with Crippen LogP contribution in [0.3, 0.4) is 0 Å². The Morgan fingerprint density at radius 3 is 2.55 bits per heavy atom. The quantitative estimate of drug-likeness (QED) is 0.655. The molecular formula is C12H15N5O3. The summed E-state index contributed by atoms with van der Waals surface area (Å²) in [4.78, 5) is 34.5. The molecule has 0 atom stereocenters. The molecule has 3 heterocycles. The molecule has 0 aliphatic carbocycles. The lowest BCUT2D eigenvalue weighted by molar-refractivity contribution is 0.122. The zero-order valence-electron chi connectivity index (χ0n) is 11.4. The molecule has 20 heavy (non-hydrogen) atoms. The van der Waals surface area contributed by atoms with Crippen molar-refractivity contribution in [2.45, 2.75) is 0 Å². The van der Waals surface area contributed by atoms with Gasteiger partial charge in [0.2, 0.25) is 0 Å². The molecule has 1 aliphatic heterocycles. The van der Waals surface area contributed by atoms with Crippen LogP contribution in [-0.2, 0) is 18.8 Å². The summed E-state index contributed by atoms with van der Waals surface area (Å²) >= 11 is 0. The Morgan fingerprint density at radius 2 is 1.85 bits per heavy atom. The maximum absolute atomic E-state index is 12.0. The number of anilines is 1. The zero-order valence-corrected chi connectivity index (χ0v) is 11.4. The first-order chi connectivity index (χ1) is 9.59. The minimum atomic E-state index is -0.427. The highest BCUT2D eigenvalue weighted by molar-refractivity contribution is 5.70. The van der Waals surface area contributed by atoms with E-state index in [4.69, 9.17) is 4.74 Å². The topological polar surface area (TPSA) is 82.2 Å². The van der Waals surface area contributed by atoms with E-state index in [0.29, 0.717) is 24.7 Å². The molecule has 0 saturated carbocycles. The molecule has 0 aromatic carbocycles. The van der Waals surface area contributed by atoms with Crippen LogP contribution < -0.4 is 16.1 Å². The van der Waals surface area contributed by atoms with Gasteiger partial charge in [0.25, 0.3) is 5.56 Å². The molecule has 0 amide bonds. The second kappa shape index (κ2) is 4.71. The second-order valence-corrected chi connectivity index (χ2v) is 4.71. The molecule has 0 radical (unpaired) electrons. The van der Waals surface area contributed by atoms with Crippen LogP contribution in [0.15, 0.2) is 15.8 Å². The van der Waals surface area contributed by atoms with Crippen LogP contribution in [0.2, 0.25) is 0 Å². The predicted octanol–water partition coefficient (Wildman–Crippen LogP) is -1.14. The van der Waals surface area contributed by atoms with Gasteiger partial charge in [0.15, 0.2) is 11.2 Å². The number of aryl methyl sites for hydroxylation is 1. The molecule has 2 aromatic rings. The van der Waals surface area contributed by atoms with E-state index in [0.717, 1.165) is 17.7 Å². The van der Waals surface area contributed by atoms with Crippen molar-refractivity contribution in [1.29, 1.82) is 0 Å². The van der Waals surface area contributed by atoms with Crippen LogP contribution in [0, 0.1) is 0 Å². The van der Waals surface area contributed by atoms with Crippen molar-refractivity contribution >= 4 is 17.0 Å². The van der Waals surface area contributed by atoms with Gasteiger partial charge >= 0.3 is 5.69 Å². The van der Waals surface area contributed by atoms with Crippen LogP contribution in [0.5, 0.6) is 0 Å². The highest BCUT2D eigenvalue weighted by Gasteiger charge is 2.16. The molecule has 1 fully saturated rings. The molecule has 8 nitrogen and oxygen atoms in total. The Kier molecular flexibility index (Phi) is 3.01. The molecule has 8 heteroatoms. The molecule has 1 aliphatic rings. The van der Waals surface area contributed by atoms with E-state index >= 15 is 0 Å². The number of morpholine rings is 1. The summed E-state index contributed by atoms with van der Waals surface area (Å²) < 4.78 is 7.66. The van der Waals surface area contributed by atoms with Crippen LogP contribution >= 0.6 is 0 Å². The Bertz CT molecular complexity index is 773. The van der Waals surface area contributed by atoms with E-state index in [-0.39, 0.29) is 5.52 Å². The number of ether oxygens (including phenoxy) is 1. The van der Waals surface area contributed by atoms with Gasteiger partial charge in [0.1, 0.15) is 5.82 Å². The first-order valence-corrected chi connectivity index (χ1v) is 6.35. The van der Waals surface area contributed by atoms with Gasteiger partial charge in [-0.3, -0.25) is 13.9 Å². The van der Waals surface area contributed by atoms with Crippen molar-refractivity contribution in [1.82, 2.24) is 19.1 Å². The summed E-state index contributed by atoms with van der Waals surface area (Å²) in [6, 6.07) is 0. The number of fused-ring (bicyclic) bond motifs is 1. The summed E-state index contributed by atoms with van der Waals surface area (Å²) in [5, 5.41) is 0. The van der Waals surface area contributed by atoms with E-state index in [1.165, 1.54) is 11.6 Å². The van der Waals surface area contributed by atoms with E-state index in [9.17, 15) is 9.59 Å². The van der Waals surface area contributed by atoms with Crippen molar-refractivity contribution < 1.29 is 4.74 Å². The zero-order chi connectivity index (χ0) is 14.3. The highest BCUT2D eigenvalue weighted by atomic mass is 16.5. The van der Waals surface area contributed by atoms with Crippen molar-refractivity contribution in [2.24, 2.45) is 14.1 Å². The fraction of sp³-hybridized carbons (Fsp3) is 0.500. The number of aromatic nitrogens is 4.